The molecule has 7 atom stereocenters. The number of hydrogen-bond acceptors (Lipinski definition) is 6. The van der Waals surface area contributed by atoms with Gasteiger partial charge < -0.3 is 19.7 Å². The molecule has 6 nitrogen and oxygen atoms in total. The Hall–Kier alpha value is -1.92. The van der Waals surface area contributed by atoms with Crippen molar-refractivity contribution >= 4 is 11.9 Å². The molecule has 0 bridgehead atoms. The molecule has 0 aliphatic heterocycles. The molecule has 6 heteroatoms. The molecule has 0 aromatic carbocycles. The summed E-state index contributed by atoms with van der Waals surface area (Å²) in [6, 6.07) is 0. The summed E-state index contributed by atoms with van der Waals surface area (Å²) in [5.41, 5.74) is -0.414. The summed E-state index contributed by atoms with van der Waals surface area (Å²) in [4.78, 5) is 24.4. The van der Waals surface area contributed by atoms with Crippen LogP contribution >= 0.6 is 0 Å². The Labute approximate surface area is 184 Å². The van der Waals surface area contributed by atoms with Crippen LogP contribution in [-0.4, -0.2) is 47.1 Å². The van der Waals surface area contributed by atoms with E-state index in [4.69, 9.17) is 9.47 Å². The lowest BCUT2D eigenvalue weighted by Gasteiger charge is -2.60. The molecular formula is C25H34O6. The first-order valence-electron chi connectivity index (χ1n) is 11.4. The van der Waals surface area contributed by atoms with Crippen molar-refractivity contribution in [2.24, 2.45) is 28.6 Å². The van der Waals surface area contributed by atoms with Crippen molar-refractivity contribution in [2.75, 3.05) is 13.2 Å². The molecule has 0 aromatic heterocycles. The SMILES string of the molecule is C=C(CO)[C@@]1(OC(=O)OCC)CCC2C3CCC4=CC(=O)C=CC4(C)C3[C@@H](O)CC21C. The Bertz CT molecular complexity index is 858. The molecule has 4 aliphatic rings. The molecule has 0 aromatic rings. The van der Waals surface area contributed by atoms with Gasteiger partial charge in [0.2, 0.25) is 0 Å². The van der Waals surface area contributed by atoms with Crippen molar-refractivity contribution in [1.29, 1.82) is 0 Å². The standard InChI is InChI=1S/C25H34O6/c1-5-30-22(29)31-25(15(2)14-26)11-9-19-18-7-6-16-12-17(27)8-10-23(16,3)21(18)20(28)13-24(19,25)4/h8,10,12,18-21,26,28H,2,5-7,9,11,13-14H2,1,3-4H3/t18?,19?,20-,21?,23?,24?,25-/m0/s1. The summed E-state index contributed by atoms with van der Waals surface area (Å²) in [5.74, 6) is 0.426. The monoisotopic (exact) mass is 430 g/mol. The quantitative estimate of drug-likeness (QED) is 0.522. The summed E-state index contributed by atoms with van der Waals surface area (Å²) in [6.07, 6.45) is 7.47. The Morgan fingerprint density at radius 1 is 1.32 bits per heavy atom. The van der Waals surface area contributed by atoms with Crippen LogP contribution in [0.2, 0.25) is 0 Å². The molecule has 0 amide bonds. The molecule has 5 unspecified atom stereocenters. The molecule has 31 heavy (non-hydrogen) atoms. The second-order valence-electron chi connectivity index (χ2n) is 10.1. The highest BCUT2D eigenvalue weighted by Gasteiger charge is 2.68. The minimum absolute atomic E-state index is 0.00397. The Kier molecular flexibility index (Phi) is 5.46. The Morgan fingerprint density at radius 3 is 2.74 bits per heavy atom. The van der Waals surface area contributed by atoms with Gasteiger partial charge in [-0.25, -0.2) is 4.79 Å². The van der Waals surface area contributed by atoms with Crippen molar-refractivity contribution in [3.05, 3.63) is 36.0 Å². The fourth-order valence-electron chi connectivity index (χ4n) is 7.55. The zero-order valence-electron chi connectivity index (χ0n) is 18.7. The van der Waals surface area contributed by atoms with Gasteiger partial charge in [-0.05, 0) is 68.6 Å². The number of ether oxygens (including phenoxy) is 2. The average Bonchev–Trinajstić information content (AvgIpc) is 3.00. The fraction of sp³-hybridized carbons (Fsp3) is 0.680. The van der Waals surface area contributed by atoms with Gasteiger partial charge in [-0.2, -0.15) is 0 Å². The van der Waals surface area contributed by atoms with E-state index in [0.717, 1.165) is 24.8 Å². The largest absolute Gasteiger partial charge is 0.509 e. The molecule has 0 heterocycles. The fourth-order valence-corrected chi connectivity index (χ4v) is 7.55. The zero-order chi connectivity index (χ0) is 22.6. The third-order valence-corrected chi connectivity index (χ3v) is 8.90. The number of hydrogen-bond donors (Lipinski definition) is 2. The maximum atomic E-state index is 12.4. The first kappa shape index (κ1) is 22.3. The van der Waals surface area contributed by atoms with Crippen LogP contribution in [0.25, 0.3) is 0 Å². The van der Waals surface area contributed by atoms with Crippen molar-refractivity contribution in [3.63, 3.8) is 0 Å². The van der Waals surface area contributed by atoms with Crippen molar-refractivity contribution < 1.29 is 29.3 Å². The van der Waals surface area contributed by atoms with Gasteiger partial charge in [-0.3, -0.25) is 4.79 Å². The number of fused-ring (bicyclic) bond motifs is 5. The third kappa shape index (κ3) is 3.05. The number of carbonyl (C=O) groups excluding carboxylic acids is 2. The minimum Gasteiger partial charge on any atom is -0.435 e. The summed E-state index contributed by atoms with van der Waals surface area (Å²) < 4.78 is 11.0. The van der Waals surface area contributed by atoms with Crippen LogP contribution in [0, 0.1) is 28.6 Å². The van der Waals surface area contributed by atoms with E-state index in [-0.39, 0.29) is 42.2 Å². The molecule has 3 saturated carbocycles. The van der Waals surface area contributed by atoms with Crippen LogP contribution < -0.4 is 0 Å². The van der Waals surface area contributed by atoms with Crippen molar-refractivity contribution in [3.8, 4) is 0 Å². The van der Waals surface area contributed by atoms with Gasteiger partial charge in [0, 0.05) is 16.7 Å². The van der Waals surface area contributed by atoms with E-state index in [1.807, 2.05) is 6.08 Å². The highest BCUT2D eigenvalue weighted by Crippen LogP contribution is 2.68. The van der Waals surface area contributed by atoms with Crippen LogP contribution in [0.3, 0.4) is 0 Å². The first-order chi connectivity index (χ1) is 14.6. The van der Waals surface area contributed by atoms with Gasteiger partial charge in [-0.15, -0.1) is 0 Å². The highest BCUT2D eigenvalue weighted by molar-refractivity contribution is 6.01. The molecule has 170 valence electrons. The molecule has 2 N–H and O–H groups in total. The zero-order valence-corrected chi connectivity index (χ0v) is 18.7. The highest BCUT2D eigenvalue weighted by atomic mass is 16.7. The van der Waals surface area contributed by atoms with Crippen molar-refractivity contribution in [1.82, 2.24) is 0 Å². The first-order valence-corrected chi connectivity index (χ1v) is 11.4. The number of aliphatic hydroxyl groups excluding tert-OH is 2. The minimum atomic E-state index is -1.07. The van der Waals surface area contributed by atoms with E-state index in [1.165, 1.54) is 0 Å². The van der Waals surface area contributed by atoms with E-state index in [9.17, 15) is 19.8 Å². The predicted molar refractivity (Wildman–Crippen MR) is 115 cm³/mol. The van der Waals surface area contributed by atoms with Gasteiger partial charge in [-0.1, -0.05) is 32.1 Å². The van der Waals surface area contributed by atoms with E-state index < -0.39 is 23.3 Å². The lowest BCUT2D eigenvalue weighted by Crippen LogP contribution is -2.61. The van der Waals surface area contributed by atoms with Crippen molar-refractivity contribution in [2.45, 2.75) is 64.6 Å². The molecule has 0 saturated heterocycles. The van der Waals surface area contributed by atoms with Crippen LogP contribution in [-0.2, 0) is 14.3 Å². The summed E-state index contributed by atoms with van der Waals surface area (Å²) >= 11 is 0. The second-order valence-corrected chi connectivity index (χ2v) is 10.1. The van der Waals surface area contributed by atoms with E-state index in [1.54, 1.807) is 19.1 Å². The summed E-state index contributed by atoms with van der Waals surface area (Å²) in [7, 11) is 0. The molecular weight excluding hydrogens is 396 g/mol. The molecule has 0 radical (unpaired) electrons. The van der Waals surface area contributed by atoms with E-state index >= 15 is 0 Å². The molecule has 0 spiro atoms. The number of rotatable bonds is 4. The smallest absolute Gasteiger partial charge is 0.435 e. The van der Waals surface area contributed by atoms with Crippen LogP contribution in [0.1, 0.15) is 52.9 Å². The second kappa shape index (κ2) is 7.59. The van der Waals surface area contributed by atoms with Crippen LogP contribution in [0.15, 0.2) is 36.0 Å². The number of carbonyl (C=O) groups is 2. The van der Waals surface area contributed by atoms with E-state index in [0.29, 0.717) is 18.4 Å². The Balaban J connectivity index is 1.73. The van der Waals surface area contributed by atoms with Gasteiger partial charge in [0.05, 0.1) is 19.3 Å². The lowest BCUT2D eigenvalue weighted by molar-refractivity contribution is -0.160. The van der Waals surface area contributed by atoms with Gasteiger partial charge >= 0.3 is 6.16 Å². The Morgan fingerprint density at radius 2 is 2.06 bits per heavy atom. The van der Waals surface area contributed by atoms with E-state index in [2.05, 4.69) is 20.4 Å². The summed E-state index contributed by atoms with van der Waals surface area (Å²) in [6.45, 7) is 9.90. The average molecular weight is 431 g/mol. The third-order valence-electron chi connectivity index (χ3n) is 8.90. The lowest BCUT2D eigenvalue weighted by atomic mass is 9.46. The predicted octanol–water partition coefficient (Wildman–Crippen LogP) is 3.73. The topological polar surface area (TPSA) is 93.1 Å². The van der Waals surface area contributed by atoms with Crippen LogP contribution in [0.5, 0.6) is 0 Å². The van der Waals surface area contributed by atoms with Crippen LogP contribution in [0.4, 0.5) is 4.79 Å². The molecule has 4 rings (SSSR count). The molecule has 4 aliphatic carbocycles. The number of aliphatic hydroxyl groups is 2. The van der Waals surface area contributed by atoms with Gasteiger partial charge in [0.15, 0.2) is 5.78 Å². The normalized spacial score (nSPS) is 43.4. The summed E-state index contributed by atoms with van der Waals surface area (Å²) in [5, 5.41) is 21.5. The maximum Gasteiger partial charge on any atom is 0.509 e. The maximum absolute atomic E-state index is 12.4. The van der Waals surface area contributed by atoms with Gasteiger partial charge in [0.25, 0.3) is 0 Å². The number of ketones is 1. The number of allylic oxidation sites excluding steroid dienone is 4. The van der Waals surface area contributed by atoms with Gasteiger partial charge in [0.1, 0.15) is 5.60 Å². The molecule has 3 fully saturated rings.